The third-order valence-corrected chi connectivity index (χ3v) is 5.47. The Hall–Kier alpha value is -3.09. The molecule has 5 rings (SSSR count). The third-order valence-electron chi connectivity index (χ3n) is 5.14. The van der Waals surface area contributed by atoms with Crippen molar-refractivity contribution in [2.45, 2.75) is 0 Å². The molecule has 0 aliphatic heterocycles. The molecule has 0 fully saturated rings. The molecule has 0 amide bonds. The Bertz CT molecular complexity index is 1270. The van der Waals surface area contributed by atoms with E-state index in [0.29, 0.717) is 0 Å². The van der Waals surface area contributed by atoms with Crippen LogP contribution in [0.25, 0.3) is 43.8 Å². The number of rotatable bonds is 2. The minimum absolute atomic E-state index is 0.773. The highest BCUT2D eigenvalue weighted by atomic mass is 35.5. The summed E-state index contributed by atoms with van der Waals surface area (Å²) in [6, 6.07) is 36.0. The van der Waals surface area contributed by atoms with Crippen LogP contribution >= 0.6 is 11.6 Å². The number of hydrogen-bond donors (Lipinski definition) is 0. The molecule has 0 spiro atoms. The van der Waals surface area contributed by atoms with Gasteiger partial charge in [-0.15, -0.1) is 0 Å². The standard InChI is InChI=1S/C26H17Cl/c27-24-17-9-8-16-23(24)26-22-15-7-5-13-20(22)19-12-4-6-14-21(19)25(26)18-10-2-1-3-11-18/h1-17H. The SMILES string of the molecule is Clc1ccccc1-c1c(-c2ccccc2)c2ccccc2c2ccccc12. The summed E-state index contributed by atoms with van der Waals surface area (Å²) in [6.45, 7) is 0. The number of hydrogen-bond acceptors (Lipinski definition) is 0. The second-order valence-electron chi connectivity index (χ2n) is 6.69. The first kappa shape index (κ1) is 16.1. The lowest BCUT2D eigenvalue weighted by Crippen LogP contribution is -1.92. The van der Waals surface area contributed by atoms with E-state index in [1.807, 2.05) is 12.1 Å². The molecule has 5 aromatic rings. The van der Waals surface area contributed by atoms with Crippen molar-refractivity contribution in [1.29, 1.82) is 0 Å². The Balaban J connectivity index is 2.07. The quantitative estimate of drug-likeness (QED) is 0.278. The molecular weight excluding hydrogens is 348 g/mol. The van der Waals surface area contributed by atoms with Crippen molar-refractivity contribution < 1.29 is 0 Å². The van der Waals surface area contributed by atoms with Gasteiger partial charge < -0.3 is 0 Å². The van der Waals surface area contributed by atoms with E-state index in [1.165, 1.54) is 38.2 Å². The van der Waals surface area contributed by atoms with E-state index < -0.39 is 0 Å². The first-order valence-electron chi connectivity index (χ1n) is 9.08. The molecule has 0 saturated carbocycles. The fraction of sp³-hybridized carbons (Fsp3) is 0. The van der Waals surface area contributed by atoms with Crippen LogP contribution in [0.3, 0.4) is 0 Å². The van der Waals surface area contributed by atoms with E-state index >= 15 is 0 Å². The van der Waals surface area contributed by atoms with Gasteiger partial charge in [-0.25, -0.2) is 0 Å². The summed E-state index contributed by atoms with van der Waals surface area (Å²) in [5, 5.41) is 5.76. The van der Waals surface area contributed by atoms with Gasteiger partial charge in [0, 0.05) is 10.6 Å². The summed E-state index contributed by atoms with van der Waals surface area (Å²) in [6.07, 6.45) is 0. The van der Waals surface area contributed by atoms with Crippen molar-refractivity contribution in [2.75, 3.05) is 0 Å². The van der Waals surface area contributed by atoms with Gasteiger partial charge in [0.2, 0.25) is 0 Å². The van der Waals surface area contributed by atoms with Gasteiger partial charge in [-0.2, -0.15) is 0 Å². The van der Waals surface area contributed by atoms with Crippen LogP contribution in [0.1, 0.15) is 0 Å². The highest BCUT2D eigenvalue weighted by Gasteiger charge is 2.18. The van der Waals surface area contributed by atoms with Crippen molar-refractivity contribution in [3.63, 3.8) is 0 Å². The number of halogens is 1. The molecule has 5 aromatic carbocycles. The Morgan fingerprint density at radius 2 is 0.889 bits per heavy atom. The maximum Gasteiger partial charge on any atom is 0.0484 e. The summed E-state index contributed by atoms with van der Waals surface area (Å²) in [4.78, 5) is 0. The Morgan fingerprint density at radius 1 is 0.407 bits per heavy atom. The normalized spacial score (nSPS) is 11.1. The highest BCUT2D eigenvalue weighted by molar-refractivity contribution is 6.35. The van der Waals surface area contributed by atoms with Crippen molar-refractivity contribution in [1.82, 2.24) is 0 Å². The molecule has 0 aliphatic rings. The van der Waals surface area contributed by atoms with E-state index in [2.05, 4.69) is 91.0 Å². The minimum atomic E-state index is 0.773. The highest BCUT2D eigenvalue weighted by Crippen LogP contribution is 2.45. The maximum absolute atomic E-state index is 6.67. The van der Waals surface area contributed by atoms with E-state index in [1.54, 1.807) is 0 Å². The molecule has 0 nitrogen and oxygen atoms in total. The lowest BCUT2D eigenvalue weighted by Gasteiger charge is -2.19. The smallest absolute Gasteiger partial charge is 0.0484 e. The van der Waals surface area contributed by atoms with E-state index in [4.69, 9.17) is 11.6 Å². The molecule has 0 N–H and O–H groups in total. The fourth-order valence-corrected chi connectivity index (χ4v) is 4.22. The number of fused-ring (bicyclic) bond motifs is 3. The van der Waals surface area contributed by atoms with E-state index in [9.17, 15) is 0 Å². The van der Waals surface area contributed by atoms with Crippen molar-refractivity contribution >= 4 is 33.1 Å². The van der Waals surface area contributed by atoms with Crippen LogP contribution in [-0.4, -0.2) is 0 Å². The molecule has 0 radical (unpaired) electrons. The van der Waals surface area contributed by atoms with Crippen molar-refractivity contribution in [3.05, 3.63) is 108 Å². The molecule has 128 valence electrons. The summed E-state index contributed by atoms with van der Waals surface area (Å²) in [7, 11) is 0. The predicted molar refractivity (Wildman–Crippen MR) is 117 cm³/mol. The van der Waals surface area contributed by atoms with Crippen LogP contribution in [-0.2, 0) is 0 Å². The molecule has 0 atom stereocenters. The Morgan fingerprint density at radius 3 is 1.52 bits per heavy atom. The average Bonchev–Trinajstić information content (AvgIpc) is 2.74. The molecule has 0 heterocycles. The van der Waals surface area contributed by atoms with Crippen molar-refractivity contribution in [2.24, 2.45) is 0 Å². The molecule has 0 aliphatic carbocycles. The first-order chi connectivity index (χ1) is 13.3. The predicted octanol–water partition coefficient (Wildman–Crippen LogP) is 7.98. The summed E-state index contributed by atoms with van der Waals surface area (Å²) in [5.41, 5.74) is 4.70. The maximum atomic E-state index is 6.67. The van der Waals surface area contributed by atoms with Crippen LogP contribution in [0, 0.1) is 0 Å². The monoisotopic (exact) mass is 364 g/mol. The Kier molecular flexibility index (Phi) is 3.92. The second-order valence-corrected chi connectivity index (χ2v) is 7.09. The second kappa shape index (κ2) is 6.57. The van der Waals surface area contributed by atoms with Crippen LogP contribution in [0.15, 0.2) is 103 Å². The summed E-state index contributed by atoms with van der Waals surface area (Å²) in [5.74, 6) is 0. The zero-order valence-electron chi connectivity index (χ0n) is 14.7. The fourth-order valence-electron chi connectivity index (χ4n) is 3.99. The third kappa shape index (κ3) is 2.61. The van der Waals surface area contributed by atoms with E-state index in [-0.39, 0.29) is 0 Å². The van der Waals surface area contributed by atoms with Gasteiger partial charge in [0.15, 0.2) is 0 Å². The summed E-state index contributed by atoms with van der Waals surface area (Å²) < 4.78 is 0. The van der Waals surface area contributed by atoms with Gasteiger partial charge in [-0.3, -0.25) is 0 Å². The Labute approximate surface area is 163 Å². The molecule has 1 heteroatoms. The van der Waals surface area contributed by atoms with E-state index in [0.717, 1.165) is 10.6 Å². The van der Waals surface area contributed by atoms with Gasteiger partial charge >= 0.3 is 0 Å². The zero-order chi connectivity index (χ0) is 18.2. The van der Waals surface area contributed by atoms with Gasteiger partial charge in [-0.1, -0.05) is 109 Å². The van der Waals surface area contributed by atoms with Gasteiger partial charge in [-0.05, 0) is 44.3 Å². The summed E-state index contributed by atoms with van der Waals surface area (Å²) >= 11 is 6.67. The molecule has 27 heavy (non-hydrogen) atoms. The lowest BCUT2D eigenvalue weighted by atomic mass is 9.85. The van der Waals surface area contributed by atoms with Gasteiger partial charge in [0.25, 0.3) is 0 Å². The van der Waals surface area contributed by atoms with Crippen LogP contribution in [0.2, 0.25) is 5.02 Å². The molecular formula is C26H17Cl. The van der Waals surface area contributed by atoms with Crippen LogP contribution in [0.4, 0.5) is 0 Å². The zero-order valence-corrected chi connectivity index (χ0v) is 15.4. The first-order valence-corrected chi connectivity index (χ1v) is 9.46. The number of benzene rings is 5. The van der Waals surface area contributed by atoms with Gasteiger partial charge in [0.1, 0.15) is 0 Å². The van der Waals surface area contributed by atoms with Crippen molar-refractivity contribution in [3.8, 4) is 22.3 Å². The minimum Gasteiger partial charge on any atom is -0.0837 e. The molecule has 0 unspecified atom stereocenters. The molecule has 0 bridgehead atoms. The van der Waals surface area contributed by atoms with Crippen LogP contribution < -0.4 is 0 Å². The molecule has 0 aromatic heterocycles. The van der Waals surface area contributed by atoms with Gasteiger partial charge in [0.05, 0.1) is 0 Å². The topological polar surface area (TPSA) is 0 Å². The molecule has 0 saturated heterocycles. The largest absolute Gasteiger partial charge is 0.0837 e. The lowest BCUT2D eigenvalue weighted by molar-refractivity contribution is 1.63. The average molecular weight is 365 g/mol. The van der Waals surface area contributed by atoms with Crippen LogP contribution in [0.5, 0.6) is 0 Å².